The lowest BCUT2D eigenvalue weighted by atomic mass is 10.3. The normalized spacial score (nSPS) is 14.2. The number of ether oxygens (including phenoxy) is 2. The number of hydrogen-bond acceptors (Lipinski definition) is 7. The zero-order valence-electron chi connectivity index (χ0n) is 17.8. The van der Waals surface area contributed by atoms with E-state index < -0.39 is 57.9 Å². The Kier molecular flexibility index (Phi) is 7.37. The van der Waals surface area contributed by atoms with Gasteiger partial charge in [-0.25, -0.2) is 18.5 Å². The van der Waals surface area contributed by atoms with Crippen molar-refractivity contribution in [2.24, 2.45) is 7.05 Å². The van der Waals surface area contributed by atoms with E-state index in [0.717, 1.165) is 30.9 Å². The highest BCUT2D eigenvalue weighted by molar-refractivity contribution is 8.01. The number of aromatic nitrogens is 2. The van der Waals surface area contributed by atoms with Crippen LogP contribution < -0.4 is 11.2 Å². The number of esters is 2. The molecule has 0 aliphatic heterocycles. The fourth-order valence-corrected chi connectivity index (χ4v) is 4.44. The lowest BCUT2D eigenvalue weighted by Gasteiger charge is -2.17. The molecule has 0 amide bonds. The van der Waals surface area contributed by atoms with E-state index >= 15 is 0 Å². The maximum atomic E-state index is 14.7. The number of rotatable bonds is 7. The van der Waals surface area contributed by atoms with Crippen molar-refractivity contribution in [1.82, 2.24) is 9.13 Å². The van der Waals surface area contributed by atoms with E-state index in [4.69, 9.17) is 22.8 Å². The first-order valence-electron chi connectivity index (χ1n) is 9.66. The van der Waals surface area contributed by atoms with Crippen molar-refractivity contribution < 1.29 is 36.6 Å². The van der Waals surface area contributed by atoms with E-state index in [-0.39, 0.29) is 31.7 Å². The van der Waals surface area contributed by atoms with Crippen LogP contribution in [0.25, 0.3) is 5.69 Å². The lowest BCUT2D eigenvalue weighted by molar-refractivity contribution is -0.157. The van der Waals surface area contributed by atoms with Gasteiger partial charge in [0.25, 0.3) is 5.56 Å². The van der Waals surface area contributed by atoms with E-state index in [0.29, 0.717) is 12.8 Å². The Morgan fingerprint density at radius 2 is 1.89 bits per heavy atom. The highest BCUT2D eigenvalue weighted by Gasteiger charge is 2.53. The number of hydrogen-bond donors (Lipinski definition) is 0. The van der Waals surface area contributed by atoms with Gasteiger partial charge in [0, 0.05) is 18.0 Å². The molecule has 1 heterocycles. The van der Waals surface area contributed by atoms with Gasteiger partial charge in [-0.3, -0.25) is 14.2 Å². The van der Waals surface area contributed by atoms with Crippen LogP contribution in [-0.2, 0) is 32.3 Å². The third-order valence-electron chi connectivity index (χ3n) is 4.87. The summed E-state index contributed by atoms with van der Waals surface area (Å²) < 4.78 is 62.7. The first-order valence-corrected chi connectivity index (χ1v) is 10.8. The summed E-state index contributed by atoms with van der Waals surface area (Å²) in [6, 6.07) is 1.91. The number of terminal acetylenes is 1. The van der Waals surface area contributed by atoms with Gasteiger partial charge in [0.2, 0.25) is 0 Å². The molecule has 1 aromatic heterocycles. The molecule has 0 unspecified atom stereocenters. The largest absolute Gasteiger partial charge is 0.453 e. The Hall–Kier alpha value is -3.24. The number of carbonyl (C=O) groups is 2. The van der Waals surface area contributed by atoms with Crippen molar-refractivity contribution in [2.45, 2.75) is 28.7 Å². The summed E-state index contributed by atoms with van der Waals surface area (Å²) in [6.07, 6.45) is 0.585. The number of halogens is 5. The second-order valence-electron chi connectivity index (χ2n) is 7.31. The zero-order valence-corrected chi connectivity index (χ0v) is 19.4. The fraction of sp³-hybridized carbons (Fsp3) is 0.333. The maximum absolute atomic E-state index is 14.7. The van der Waals surface area contributed by atoms with Crippen LogP contribution in [0.3, 0.4) is 0 Å². The Morgan fingerprint density at radius 3 is 2.46 bits per heavy atom. The number of nitrogens with zero attached hydrogens (tertiary/aromatic N) is 2. The molecule has 0 bridgehead atoms. The molecule has 3 rings (SSSR count). The average molecular weight is 535 g/mol. The van der Waals surface area contributed by atoms with Gasteiger partial charge in [-0.15, -0.1) is 18.2 Å². The molecular formula is C21H15ClF4N2O6S. The molecule has 186 valence electrons. The van der Waals surface area contributed by atoms with Gasteiger partial charge < -0.3 is 9.47 Å². The summed E-state index contributed by atoms with van der Waals surface area (Å²) in [6.45, 7) is -0.991. The predicted molar refractivity (Wildman–Crippen MR) is 116 cm³/mol. The van der Waals surface area contributed by atoms with Crippen LogP contribution in [-0.4, -0.2) is 39.0 Å². The first-order chi connectivity index (χ1) is 16.3. The molecule has 8 nitrogen and oxygen atoms in total. The van der Waals surface area contributed by atoms with Crippen molar-refractivity contribution >= 4 is 35.3 Å². The van der Waals surface area contributed by atoms with Crippen molar-refractivity contribution in [3.8, 4) is 18.0 Å². The predicted octanol–water partition coefficient (Wildman–Crippen LogP) is 2.69. The van der Waals surface area contributed by atoms with E-state index in [9.17, 15) is 36.7 Å². The average Bonchev–Trinajstić information content (AvgIpc) is 3.56. The van der Waals surface area contributed by atoms with Crippen molar-refractivity contribution in [1.29, 1.82) is 0 Å². The number of thioether (sulfide) groups is 1. The Balaban J connectivity index is 1.93. The topological polar surface area (TPSA) is 96.6 Å². The third kappa shape index (κ3) is 5.54. The molecular weight excluding hydrogens is 520 g/mol. The van der Waals surface area contributed by atoms with Crippen LogP contribution in [0.1, 0.15) is 18.5 Å². The minimum Gasteiger partial charge on any atom is -0.453 e. The molecule has 1 fully saturated rings. The van der Waals surface area contributed by atoms with Gasteiger partial charge in [-0.05, 0) is 25.0 Å². The fourth-order valence-electron chi connectivity index (χ4n) is 2.98. The molecule has 14 heteroatoms. The quantitative estimate of drug-likeness (QED) is 0.306. The van der Waals surface area contributed by atoms with E-state index in [1.165, 1.54) is 0 Å². The summed E-state index contributed by atoms with van der Waals surface area (Å²) >= 11 is 6.92. The summed E-state index contributed by atoms with van der Waals surface area (Å²) in [7, 11) is 0.786. The SMILES string of the molecule is C#CCOC(=O)COC(=O)C1(Sc2cc(-n3c(=O)cc(C(F)(F)F)n(C)c3=O)c(F)cc2Cl)CC1. The smallest absolute Gasteiger partial charge is 0.431 e. The lowest BCUT2D eigenvalue weighted by Crippen LogP contribution is -2.41. The standard InChI is InChI=1S/C21H15ClF4N2O6S/c1-3-6-33-17(30)10-34-18(31)20(4-5-20)35-14-8-13(12(23)7-11(14)22)28-16(29)9-15(21(24,25)26)27(2)19(28)32/h1,7-9H,4-6,10H2,2H3. The van der Waals surface area contributed by atoms with Crippen LogP contribution in [0.5, 0.6) is 0 Å². The number of benzene rings is 1. The van der Waals surface area contributed by atoms with Crippen LogP contribution in [0.15, 0.2) is 32.7 Å². The minimum atomic E-state index is -4.99. The Labute approximate surface area is 203 Å². The molecule has 35 heavy (non-hydrogen) atoms. The molecule has 2 aromatic rings. The minimum absolute atomic E-state index is 0.0567. The van der Waals surface area contributed by atoms with Gasteiger partial charge in [0.1, 0.15) is 16.3 Å². The highest BCUT2D eigenvalue weighted by atomic mass is 35.5. The summed E-state index contributed by atoms with van der Waals surface area (Å²) in [5.74, 6) is -0.726. The van der Waals surface area contributed by atoms with E-state index in [1.807, 2.05) is 0 Å². The summed E-state index contributed by atoms with van der Waals surface area (Å²) in [4.78, 5) is 48.9. The van der Waals surface area contributed by atoms with Gasteiger partial charge in [0.15, 0.2) is 13.2 Å². The molecule has 1 aliphatic carbocycles. The van der Waals surface area contributed by atoms with Crippen LogP contribution in [0, 0.1) is 18.2 Å². The molecule has 1 aliphatic rings. The molecule has 0 atom stereocenters. The molecule has 1 aromatic carbocycles. The zero-order chi connectivity index (χ0) is 26.1. The second-order valence-corrected chi connectivity index (χ2v) is 9.15. The number of carbonyl (C=O) groups excluding carboxylic acids is 2. The van der Waals surface area contributed by atoms with Crippen molar-refractivity contribution in [3.63, 3.8) is 0 Å². The van der Waals surface area contributed by atoms with Crippen LogP contribution in [0.2, 0.25) is 5.02 Å². The monoisotopic (exact) mass is 534 g/mol. The maximum Gasteiger partial charge on any atom is 0.431 e. The summed E-state index contributed by atoms with van der Waals surface area (Å²) in [5.41, 5.74) is -5.01. The first kappa shape index (κ1) is 26.4. The number of alkyl halides is 3. The second kappa shape index (κ2) is 9.79. The van der Waals surface area contributed by atoms with Gasteiger partial charge >= 0.3 is 23.8 Å². The van der Waals surface area contributed by atoms with Crippen LogP contribution >= 0.6 is 23.4 Å². The molecule has 0 spiro atoms. The summed E-state index contributed by atoms with van der Waals surface area (Å²) in [5, 5.41) is -0.180. The van der Waals surface area contributed by atoms with Gasteiger partial charge in [-0.1, -0.05) is 17.5 Å². The van der Waals surface area contributed by atoms with Gasteiger partial charge in [0.05, 0.1) is 10.7 Å². The molecule has 0 saturated heterocycles. The Bertz CT molecular complexity index is 1360. The Morgan fingerprint density at radius 1 is 1.23 bits per heavy atom. The van der Waals surface area contributed by atoms with E-state index in [2.05, 4.69) is 10.7 Å². The van der Waals surface area contributed by atoms with Gasteiger partial charge in [-0.2, -0.15) is 13.2 Å². The van der Waals surface area contributed by atoms with Crippen LogP contribution in [0.4, 0.5) is 17.6 Å². The third-order valence-corrected chi connectivity index (χ3v) is 6.82. The molecule has 1 saturated carbocycles. The molecule has 0 radical (unpaired) electrons. The van der Waals surface area contributed by atoms with E-state index in [1.54, 1.807) is 0 Å². The molecule has 0 N–H and O–H groups in total. The highest BCUT2D eigenvalue weighted by Crippen LogP contribution is 2.54. The van der Waals surface area contributed by atoms with Crippen molar-refractivity contribution in [3.05, 3.63) is 55.6 Å². The van der Waals surface area contributed by atoms with Crippen molar-refractivity contribution in [2.75, 3.05) is 13.2 Å².